The van der Waals surface area contributed by atoms with Crippen molar-refractivity contribution in [2.45, 2.75) is 6.54 Å². The molecule has 1 fully saturated rings. The minimum absolute atomic E-state index is 0.0234. The monoisotopic (exact) mass is 341 g/mol. The van der Waals surface area contributed by atoms with Crippen LogP contribution in [0.15, 0.2) is 42.7 Å². The molecule has 1 N–H and O–H groups in total. The first-order chi connectivity index (χ1) is 12.3. The van der Waals surface area contributed by atoms with E-state index in [2.05, 4.69) is 25.1 Å². The Morgan fingerprint density at radius 1 is 1.12 bits per heavy atom. The van der Waals surface area contributed by atoms with Gasteiger partial charge in [0.1, 0.15) is 5.75 Å². The molecule has 1 aromatic heterocycles. The van der Waals surface area contributed by atoms with Gasteiger partial charge in [0, 0.05) is 50.7 Å². The summed E-state index contributed by atoms with van der Waals surface area (Å²) in [5, 5.41) is 2.96. The van der Waals surface area contributed by atoms with Crippen molar-refractivity contribution in [3.05, 3.63) is 48.3 Å². The highest BCUT2D eigenvalue weighted by atomic mass is 16.5. The molecule has 0 saturated carbocycles. The van der Waals surface area contributed by atoms with Gasteiger partial charge in [-0.3, -0.25) is 9.69 Å². The summed E-state index contributed by atoms with van der Waals surface area (Å²) < 4.78 is 5.30. The summed E-state index contributed by atoms with van der Waals surface area (Å²) in [5.41, 5.74) is 0.976. The largest absolute Gasteiger partial charge is 0.496 e. The molecular formula is C18H23N5O2. The van der Waals surface area contributed by atoms with E-state index in [1.807, 2.05) is 30.3 Å². The maximum absolute atomic E-state index is 12.2. The summed E-state index contributed by atoms with van der Waals surface area (Å²) in [6.45, 7) is 4.16. The average molecular weight is 341 g/mol. The molecule has 0 atom stereocenters. The fourth-order valence-electron chi connectivity index (χ4n) is 2.86. The van der Waals surface area contributed by atoms with E-state index in [-0.39, 0.29) is 5.91 Å². The fraction of sp³-hybridized carbons (Fsp3) is 0.389. The number of hydrogen-bond acceptors (Lipinski definition) is 6. The first-order valence-electron chi connectivity index (χ1n) is 8.39. The van der Waals surface area contributed by atoms with Crippen molar-refractivity contribution in [3.8, 4) is 5.75 Å². The Morgan fingerprint density at radius 2 is 1.84 bits per heavy atom. The number of anilines is 1. The number of nitrogens with one attached hydrogen (secondary N) is 1. The zero-order chi connectivity index (χ0) is 17.5. The van der Waals surface area contributed by atoms with E-state index in [9.17, 15) is 4.79 Å². The maximum Gasteiger partial charge on any atom is 0.234 e. The lowest BCUT2D eigenvalue weighted by Gasteiger charge is -2.34. The molecule has 25 heavy (non-hydrogen) atoms. The molecule has 3 rings (SSSR count). The summed E-state index contributed by atoms with van der Waals surface area (Å²) in [4.78, 5) is 25.0. The Kier molecular flexibility index (Phi) is 5.79. The average Bonchev–Trinajstić information content (AvgIpc) is 2.68. The number of para-hydroxylation sites is 1. The number of hydrogen-bond donors (Lipinski definition) is 1. The third-order valence-corrected chi connectivity index (χ3v) is 4.24. The van der Waals surface area contributed by atoms with Crippen molar-refractivity contribution in [1.82, 2.24) is 20.2 Å². The van der Waals surface area contributed by atoms with Gasteiger partial charge in [0.25, 0.3) is 0 Å². The normalized spacial score (nSPS) is 15.0. The zero-order valence-electron chi connectivity index (χ0n) is 14.4. The summed E-state index contributed by atoms with van der Waals surface area (Å²) in [7, 11) is 1.64. The van der Waals surface area contributed by atoms with Crippen molar-refractivity contribution in [3.63, 3.8) is 0 Å². The van der Waals surface area contributed by atoms with E-state index in [1.165, 1.54) is 0 Å². The number of ether oxygens (including phenoxy) is 1. The molecule has 0 spiro atoms. The van der Waals surface area contributed by atoms with E-state index in [0.717, 1.165) is 43.4 Å². The van der Waals surface area contributed by atoms with Gasteiger partial charge in [-0.05, 0) is 12.1 Å². The van der Waals surface area contributed by atoms with E-state index >= 15 is 0 Å². The molecule has 1 aliphatic rings. The molecule has 0 bridgehead atoms. The molecule has 1 amide bonds. The molecule has 132 valence electrons. The van der Waals surface area contributed by atoms with Gasteiger partial charge in [0.2, 0.25) is 11.9 Å². The van der Waals surface area contributed by atoms with E-state index < -0.39 is 0 Å². The number of rotatable bonds is 6. The number of methoxy groups -OCH3 is 1. The van der Waals surface area contributed by atoms with E-state index in [4.69, 9.17) is 4.74 Å². The van der Waals surface area contributed by atoms with Crippen LogP contribution in [0, 0.1) is 0 Å². The van der Waals surface area contributed by atoms with Crippen LogP contribution in [-0.4, -0.2) is 60.6 Å². The highest BCUT2D eigenvalue weighted by molar-refractivity contribution is 5.78. The molecule has 2 aromatic rings. The Labute approximate surface area is 147 Å². The molecule has 0 unspecified atom stereocenters. The van der Waals surface area contributed by atoms with Gasteiger partial charge >= 0.3 is 0 Å². The minimum Gasteiger partial charge on any atom is -0.496 e. The van der Waals surface area contributed by atoms with Gasteiger partial charge in [-0.2, -0.15) is 0 Å². The first-order valence-corrected chi connectivity index (χ1v) is 8.39. The molecule has 7 nitrogen and oxygen atoms in total. The van der Waals surface area contributed by atoms with Gasteiger partial charge < -0.3 is 15.0 Å². The number of nitrogens with zero attached hydrogens (tertiary/aromatic N) is 4. The van der Waals surface area contributed by atoms with E-state index in [0.29, 0.717) is 13.1 Å². The number of amides is 1. The lowest BCUT2D eigenvalue weighted by atomic mass is 10.2. The third kappa shape index (κ3) is 4.67. The second-order valence-electron chi connectivity index (χ2n) is 5.90. The molecule has 2 heterocycles. The van der Waals surface area contributed by atoms with Crippen LogP contribution in [-0.2, 0) is 11.3 Å². The second kappa shape index (κ2) is 8.43. The van der Waals surface area contributed by atoms with Crippen molar-refractivity contribution in [2.75, 3.05) is 44.7 Å². The van der Waals surface area contributed by atoms with Crippen molar-refractivity contribution >= 4 is 11.9 Å². The summed E-state index contributed by atoms with van der Waals surface area (Å²) in [6.07, 6.45) is 3.50. The third-order valence-electron chi connectivity index (χ3n) is 4.24. The Bertz CT molecular complexity index is 687. The molecule has 7 heteroatoms. The molecule has 1 aromatic carbocycles. The van der Waals surface area contributed by atoms with Gasteiger partial charge in [0.05, 0.1) is 13.7 Å². The highest BCUT2D eigenvalue weighted by Crippen LogP contribution is 2.16. The van der Waals surface area contributed by atoms with Crippen LogP contribution in [0.25, 0.3) is 0 Å². The number of benzene rings is 1. The Balaban J connectivity index is 1.43. The van der Waals surface area contributed by atoms with Gasteiger partial charge in [-0.15, -0.1) is 0 Å². The highest BCUT2D eigenvalue weighted by Gasteiger charge is 2.20. The molecule has 1 aliphatic heterocycles. The smallest absolute Gasteiger partial charge is 0.234 e. The quantitative estimate of drug-likeness (QED) is 0.843. The molecular weight excluding hydrogens is 318 g/mol. The number of carbonyl (C=O) groups excluding carboxylic acids is 1. The van der Waals surface area contributed by atoms with Crippen molar-refractivity contribution in [1.29, 1.82) is 0 Å². The van der Waals surface area contributed by atoms with Crippen LogP contribution in [0.2, 0.25) is 0 Å². The maximum atomic E-state index is 12.2. The standard InChI is InChI=1S/C18H23N5O2/c1-25-16-6-3-2-5-15(16)13-21-17(24)14-22-9-11-23(12-10-22)18-19-7-4-8-20-18/h2-8H,9-14H2,1H3,(H,21,24). The molecule has 0 radical (unpaired) electrons. The molecule has 0 aliphatic carbocycles. The van der Waals surface area contributed by atoms with Crippen molar-refractivity contribution in [2.24, 2.45) is 0 Å². The topological polar surface area (TPSA) is 70.6 Å². The first kappa shape index (κ1) is 17.2. The van der Waals surface area contributed by atoms with Crippen molar-refractivity contribution < 1.29 is 9.53 Å². The number of piperazine rings is 1. The van der Waals surface area contributed by atoms with Crippen LogP contribution < -0.4 is 15.0 Å². The summed E-state index contributed by atoms with van der Waals surface area (Å²) >= 11 is 0. The number of carbonyl (C=O) groups is 1. The lowest BCUT2D eigenvalue weighted by molar-refractivity contribution is -0.122. The lowest BCUT2D eigenvalue weighted by Crippen LogP contribution is -2.49. The second-order valence-corrected chi connectivity index (χ2v) is 5.90. The van der Waals surface area contributed by atoms with Crippen LogP contribution in [0.1, 0.15) is 5.56 Å². The zero-order valence-corrected chi connectivity index (χ0v) is 14.4. The predicted molar refractivity (Wildman–Crippen MR) is 95.5 cm³/mol. The SMILES string of the molecule is COc1ccccc1CNC(=O)CN1CCN(c2ncccn2)CC1. The van der Waals surface area contributed by atoms with Gasteiger partial charge in [-0.1, -0.05) is 18.2 Å². The van der Waals surface area contributed by atoms with Crippen LogP contribution in [0.5, 0.6) is 5.75 Å². The van der Waals surface area contributed by atoms with Crippen LogP contribution in [0.3, 0.4) is 0 Å². The van der Waals surface area contributed by atoms with Gasteiger partial charge in [-0.25, -0.2) is 9.97 Å². The number of aromatic nitrogens is 2. The van der Waals surface area contributed by atoms with Gasteiger partial charge in [0.15, 0.2) is 0 Å². The fourth-order valence-corrected chi connectivity index (χ4v) is 2.86. The Morgan fingerprint density at radius 3 is 2.56 bits per heavy atom. The molecule has 1 saturated heterocycles. The van der Waals surface area contributed by atoms with Crippen LogP contribution >= 0.6 is 0 Å². The van der Waals surface area contributed by atoms with Crippen LogP contribution in [0.4, 0.5) is 5.95 Å². The summed E-state index contributed by atoms with van der Waals surface area (Å²) in [6, 6.07) is 9.52. The van der Waals surface area contributed by atoms with E-state index in [1.54, 1.807) is 19.5 Å². The minimum atomic E-state index is 0.0234. The summed E-state index contributed by atoms with van der Waals surface area (Å²) in [5.74, 6) is 1.57. The predicted octanol–water partition coefficient (Wildman–Crippen LogP) is 0.924. The Hall–Kier alpha value is -2.67.